The molecule has 1 atom stereocenters. The Morgan fingerprint density at radius 3 is 2.45 bits per heavy atom. The summed E-state index contributed by atoms with van der Waals surface area (Å²) in [6, 6.07) is 7.52. The van der Waals surface area contributed by atoms with E-state index in [0.29, 0.717) is 36.2 Å². The van der Waals surface area contributed by atoms with Crippen molar-refractivity contribution < 1.29 is 22.8 Å². The van der Waals surface area contributed by atoms with Gasteiger partial charge in [0.25, 0.3) is 0 Å². The largest absolute Gasteiger partial charge is 0.416 e. The van der Waals surface area contributed by atoms with Crippen LogP contribution in [0.1, 0.15) is 69.4 Å². The van der Waals surface area contributed by atoms with Crippen LogP contribution in [0.2, 0.25) is 0 Å². The maximum atomic E-state index is 13.5. The van der Waals surface area contributed by atoms with Crippen molar-refractivity contribution in [2.24, 2.45) is 11.1 Å². The molecular formula is C28H31F3N4O2S. The highest BCUT2D eigenvalue weighted by Crippen LogP contribution is 2.46. The molecule has 4 rings (SSSR count). The molecule has 0 aliphatic carbocycles. The van der Waals surface area contributed by atoms with Crippen molar-refractivity contribution in [2.75, 3.05) is 6.54 Å². The standard InChI is InChI=1S/C28H31F3N4O2S/c1-15-22(38-16(2)34-15)14-33-26(37)35-12-11-20-19(17-7-6-8-18(13-17)28(29,30)31)9-10-21(25(32)36)23(20)24(35)27(3,4)5/h6-10,13,24H,11-12,14H2,1-5H3,(H2,32,36)(H,33,37). The molecule has 0 fully saturated rings. The van der Waals surface area contributed by atoms with Gasteiger partial charge in [-0.25, -0.2) is 9.78 Å². The molecule has 0 saturated carbocycles. The summed E-state index contributed by atoms with van der Waals surface area (Å²) in [5, 5.41) is 3.91. The number of nitrogens with one attached hydrogen (secondary N) is 1. The number of halogens is 3. The van der Waals surface area contributed by atoms with Crippen LogP contribution in [0.15, 0.2) is 36.4 Å². The van der Waals surface area contributed by atoms with Gasteiger partial charge in [-0.3, -0.25) is 4.79 Å². The Kier molecular flexibility index (Phi) is 7.31. The van der Waals surface area contributed by atoms with Crippen LogP contribution in [-0.4, -0.2) is 28.4 Å². The zero-order valence-corrected chi connectivity index (χ0v) is 22.8. The molecule has 1 aliphatic rings. The molecule has 2 aromatic carbocycles. The number of carbonyl (C=O) groups excluding carboxylic acids is 2. The predicted octanol–water partition coefficient (Wildman–Crippen LogP) is 6.40. The number of aryl methyl sites for hydroxylation is 2. The number of hydrogen-bond donors (Lipinski definition) is 2. The van der Waals surface area contributed by atoms with Crippen LogP contribution in [0.3, 0.4) is 0 Å². The third-order valence-electron chi connectivity index (χ3n) is 6.79. The molecular weight excluding hydrogens is 513 g/mol. The number of urea groups is 1. The predicted molar refractivity (Wildman–Crippen MR) is 142 cm³/mol. The molecule has 0 spiro atoms. The molecule has 1 aromatic heterocycles. The lowest BCUT2D eigenvalue weighted by molar-refractivity contribution is -0.137. The van der Waals surface area contributed by atoms with Crippen LogP contribution in [0.4, 0.5) is 18.0 Å². The maximum absolute atomic E-state index is 13.5. The van der Waals surface area contributed by atoms with Gasteiger partial charge in [0.2, 0.25) is 5.91 Å². The van der Waals surface area contributed by atoms with Gasteiger partial charge in [-0.15, -0.1) is 11.3 Å². The Morgan fingerprint density at radius 1 is 1.16 bits per heavy atom. The number of hydrogen-bond acceptors (Lipinski definition) is 4. The van der Waals surface area contributed by atoms with Gasteiger partial charge < -0.3 is 16.0 Å². The average Bonchev–Trinajstić information content (AvgIpc) is 3.16. The number of nitrogens with two attached hydrogens (primary N) is 1. The first-order valence-electron chi connectivity index (χ1n) is 12.3. The van der Waals surface area contributed by atoms with Crippen molar-refractivity contribution >= 4 is 23.3 Å². The van der Waals surface area contributed by atoms with E-state index >= 15 is 0 Å². The zero-order valence-electron chi connectivity index (χ0n) is 22.0. The summed E-state index contributed by atoms with van der Waals surface area (Å²) in [5.41, 5.74) is 7.96. The minimum absolute atomic E-state index is 0.266. The van der Waals surface area contributed by atoms with Gasteiger partial charge in [-0.2, -0.15) is 13.2 Å². The smallest absolute Gasteiger partial charge is 0.366 e. The molecule has 38 heavy (non-hydrogen) atoms. The number of benzene rings is 2. The van der Waals surface area contributed by atoms with Gasteiger partial charge in [-0.05, 0) is 66.1 Å². The monoisotopic (exact) mass is 544 g/mol. The highest BCUT2D eigenvalue weighted by molar-refractivity contribution is 7.11. The SMILES string of the molecule is Cc1nc(C)c(CNC(=O)N2CCc3c(-c4cccc(C(F)(F)F)c4)ccc(C(N)=O)c3C2C(C)(C)C)s1. The minimum Gasteiger partial charge on any atom is -0.366 e. The van der Waals surface area contributed by atoms with Crippen molar-refractivity contribution in [1.82, 2.24) is 15.2 Å². The van der Waals surface area contributed by atoms with Crippen LogP contribution in [0.25, 0.3) is 11.1 Å². The van der Waals surface area contributed by atoms with E-state index in [1.807, 2.05) is 34.6 Å². The zero-order chi connectivity index (χ0) is 28.0. The van der Waals surface area contributed by atoms with Crippen LogP contribution in [-0.2, 0) is 19.1 Å². The fraction of sp³-hybridized carbons (Fsp3) is 0.393. The number of primary amides is 1. The van der Waals surface area contributed by atoms with Crippen LogP contribution in [0.5, 0.6) is 0 Å². The fourth-order valence-corrected chi connectivity index (χ4v) is 6.10. The number of fused-ring (bicyclic) bond motifs is 1. The molecule has 1 unspecified atom stereocenters. The molecule has 1 aliphatic heterocycles. The molecule has 0 bridgehead atoms. The Labute approximate surface area is 224 Å². The van der Waals surface area contributed by atoms with Crippen LogP contribution < -0.4 is 11.1 Å². The second-order valence-electron chi connectivity index (χ2n) is 10.6. The topological polar surface area (TPSA) is 88.3 Å². The fourth-order valence-electron chi connectivity index (χ4n) is 5.23. The van der Waals surface area contributed by atoms with E-state index in [2.05, 4.69) is 10.3 Å². The summed E-state index contributed by atoms with van der Waals surface area (Å²) in [6.07, 6.45) is -4.12. The van der Waals surface area contributed by atoms with E-state index in [4.69, 9.17) is 5.73 Å². The lowest BCUT2D eigenvalue weighted by atomic mass is 9.73. The second-order valence-corrected chi connectivity index (χ2v) is 11.9. The Bertz CT molecular complexity index is 1390. The van der Waals surface area contributed by atoms with E-state index in [-0.39, 0.29) is 11.6 Å². The molecule has 10 heteroatoms. The highest BCUT2D eigenvalue weighted by Gasteiger charge is 2.42. The van der Waals surface area contributed by atoms with E-state index in [0.717, 1.165) is 33.3 Å². The number of nitrogens with zero attached hydrogens (tertiary/aromatic N) is 2. The van der Waals surface area contributed by atoms with Crippen LogP contribution >= 0.6 is 11.3 Å². The van der Waals surface area contributed by atoms with Gasteiger partial charge in [0.15, 0.2) is 0 Å². The van der Waals surface area contributed by atoms with E-state index in [1.54, 1.807) is 23.1 Å². The number of aromatic nitrogens is 1. The normalized spacial score (nSPS) is 15.8. The Morgan fingerprint density at radius 2 is 1.87 bits per heavy atom. The van der Waals surface area contributed by atoms with Crippen molar-refractivity contribution in [3.63, 3.8) is 0 Å². The highest BCUT2D eigenvalue weighted by atomic mass is 32.1. The first kappa shape index (κ1) is 27.6. The van der Waals surface area contributed by atoms with Crippen LogP contribution in [0, 0.1) is 19.3 Å². The summed E-state index contributed by atoms with van der Waals surface area (Å²) >= 11 is 1.52. The molecule has 0 radical (unpaired) electrons. The third-order valence-corrected chi connectivity index (χ3v) is 7.87. The van der Waals surface area contributed by atoms with Crippen molar-refractivity contribution in [3.05, 3.63) is 74.2 Å². The van der Waals surface area contributed by atoms with E-state index < -0.39 is 29.1 Å². The molecule has 6 nitrogen and oxygen atoms in total. The molecule has 3 amide bonds. The van der Waals surface area contributed by atoms with E-state index in [9.17, 15) is 22.8 Å². The summed E-state index contributed by atoms with van der Waals surface area (Å²) in [5.74, 6) is -0.649. The van der Waals surface area contributed by atoms with Gasteiger partial charge in [-0.1, -0.05) is 39.0 Å². The molecule has 3 aromatic rings. The molecule has 202 valence electrons. The van der Waals surface area contributed by atoms with Gasteiger partial charge >= 0.3 is 12.2 Å². The second kappa shape index (κ2) is 10.1. The lowest BCUT2D eigenvalue weighted by Crippen LogP contribution is -2.50. The Balaban J connectivity index is 1.79. The number of alkyl halides is 3. The van der Waals surface area contributed by atoms with Crippen molar-refractivity contribution in [1.29, 1.82) is 0 Å². The van der Waals surface area contributed by atoms with Gasteiger partial charge in [0, 0.05) is 17.0 Å². The van der Waals surface area contributed by atoms with Crippen molar-refractivity contribution in [2.45, 2.75) is 59.8 Å². The summed E-state index contributed by atoms with van der Waals surface area (Å²) < 4.78 is 40.4. The summed E-state index contributed by atoms with van der Waals surface area (Å²) in [4.78, 5) is 33.1. The molecule has 3 N–H and O–H groups in total. The first-order chi connectivity index (χ1) is 17.7. The average molecular weight is 545 g/mol. The van der Waals surface area contributed by atoms with E-state index in [1.165, 1.54) is 17.4 Å². The lowest BCUT2D eigenvalue weighted by Gasteiger charge is -2.45. The quantitative estimate of drug-likeness (QED) is 0.398. The third kappa shape index (κ3) is 5.41. The molecule has 0 saturated heterocycles. The summed E-state index contributed by atoms with van der Waals surface area (Å²) in [7, 11) is 0. The maximum Gasteiger partial charge on any atom is 0.416 e. The van der Waals surface area contributed by atoms with Gasteiger partial charge in [0.05, 0.1) is 28.9 Å². The summed E-state index contributed by atoms with van der Waals surface area (Å²) in [6.45, 7) is 10.4. The minimum atomic E-state index is -4.49. The number of amides is 3. The first-order valence-corrected chi connectivity index (χ1v) is 13.1. The van der Waals surface area contributed by atoms with Gasteiger partial charge in [0.1, 0.15) is 0 Å². The van der Waals surface area contributed by atoms with Crippen molar-refractivity contribution in [3.8, 4) is 11.1 Å². The number of carbonyl (C=O) groups is 2. The number of rotatable bonds is 4. The number of thiazole rings is 1. The Hall–Kier alpha value is -3.40. The molecule has 2 heterocycles.